The van der Waals surface area contributed by atoms with Gasteiger partial charge >= 0.3 is 0 Å². The van der Waals surface area contributed by atoms with Crippen LogP contribution in [0.25, 0.3) is 5.65 Å². The number of aromatic nitrogens is 2. The van der Waals surface area contributed by atoms with Crippen LogP contribution in [0, 0.1) is 0 Å². The quantitative estimate of drug-likeness (QED) is 0.909. The number of nitrogens with zero attached hydrogens (tertiary/aromatic N) is 2. The molecule has 0 aromatic carbocycles. The number of fused-ring (bicyclic) bond motifs is 1. The Labute approximate surface area is 97.4 Å². The van der Waals surface area contributed by atoms with Gasteiger partial charge in [0.1, 0.15) is 10.3 Å². The number of imidazole rings is 1. The van der Waals surface area contributed by atoms with Crippen LogP contribution in [-0.2, 0) is 6.42 Å². The van der Waals surface area contributed by atoms with E-state index in [0.29, 0.717) is 0 Å². The highest BCUT2D eigenvalue weighted by Crippen LogP contribution is 2.21. The highest BCUT2D eigenvalue weighted by atomic mass is 79.9. The first-order valence-electron chi connectivity index (χ1n) is 5.05. The lowest BCUT2D eigenvalue weighted by molar-refractivity contribution is 0.807. The Hall–Kier alpha value is -0.870. The molecule has 2 aromatic heterocycles. The molecule has 0 saturated heterocycles. The lowest BCUT2D eigenvalue weighted by Crippen LogP contribution is -2.05. The first kappa shape index (κ1) is 10.6. The number of hydrogen-bond acceptors (Lipinski definition) is 2. The van der Waals surface area contributed by atoms with Crippen LogP contribution in [0.5, 0.6) is 0 Å². The first-order chi connectivity index (χ1) is 7.13. The zero-order chi connectivity index (χ0) is 11.0. The van der Waals surface area contributed by atoms with Crippen LogP contribution in [0.4, 0.5) is 0 Å². The van der Waals surface area contributed by atoms with E-state index in [-0.39, 0.29) is 6.04 Å². The van der Waals surface area contributed by atoms with E-state index in [1.54, 1.807) is 0 Å². The molecule has 0 aliphatic heterocycles. The van der Waals surface area contributed by atoms with Gasteiger partial charge < -0.3 is 5.73 Å². The summed E-state index contributed by atoms with van der Waals surface area (Å²) >= 11 is 3.55. The minimum absolute atomic E-state index is 0.0498. The molecule has 1 unspecified atom stereocenters. The van der Waals surface area contributed by atoms with Gasteiger partial charge in [0.05, 0.1) is 5.69 Å². The van der Waals surface area contributed by atoms with Gasteiger partial charge in [-0.25, -0.2) is 4.98 Å². The standard InChI is InChI=1S/C11H14BrN3/c1-3-9-11(12)15-6-8(7(2)13)4-5-10(15)14-9/h4-7H,3,13H2,1-2H3. The molecule has 1 atom stereocenters. The number of aryl methyl sites for hydroxylation is 1. The Morgan fingerprint density at radius 1 is 1.53 bits per heavy atom. The predicted molar refractivity (Wildman–Crippen MR) is 64.9 cm³/mol. The van der Waals surface area contributed by atoms with Crippen molar-refractivity contribution in [3.8, 4) is 0 Å². The molecular weight excluding hydrogens is 254 g/mol. The van der Waals surface area contributed by atoms with Crippen molar-refractivity contribution in [3.63, 3.8) is 0 Å². The van der Waals surface area contributed by atoms with Gasteiger partial charge in [-0.3, -0.25) is 4.40 Å². The number of rotatable bonds is 2. The van der Waals surface area contributed by atoms with E-state index in [4.69, 9.17) is 5.73 Å². The van der Waals surface area contributed by atoms with E-state index in [9.17, 15) is 0 Å². The Morgan fingerprint density at radius 2 is 2.27 bits per heavy atom. The molecule has 2 heterocycles. The Morgan fingerprint density at radius 3 is 2.87 bits per heavy atom. The average Bonchev–Trinajstić information content (AvgIpc) is 2.55. The van der Waals surface area contributed by atoms with Crippen LogP contribution in [0.3, 0.4) is 0 Å². The van der Waals surface area contributed by atoms with E-state index >= 15 is 0 Å². The summed E-state index contributed by atoms with van der Waals surface area (Å²) in [6.07, 6.45) is 2.96. The summed E-state index contributed by atoms with van der Waals surface area (Å²) in [5, 5.41) is 0. The van der Waals surface area contributed by atoms with Crippen LogP contribution in [0.2, 0.25) is 0 Å². The molecule has 0 radical (unpaired) electrons. The molecule has 0 saturated carbocycles. The molecule has 0 spiro atoms. The van der Waals surface area contributed by atoms with Gasteiger partial charge in [-0.2, -0.15) is 0 Å². The first-order valence-corrected chi connectivity index (χ1v) is 5.84. The van der Waals surface area contributed by atoms with Crippen LogP contribution >= 0.6 is 15.9 Å². The molecule has 0 amide bonds. The van der Waals surface area contributed by atoms with E-state index in [2.05, 4.69) is 27.8 Å². The predicted octanol–water partition coefficient (Wildman–Crippen LogP) is 2.68. The van der Waals surface area contributed by atoms with Crippen LogP contribution in [0.15, 0.2) is 22.9 Å². The number of nitrogens with two attached hydrogens (primary N) is 1. The third-order valence-electron chi connectivity index (χ3n) is 2.51. The van der Waals surface area contributed by atoms with Crippen LogP contribution in [-0.4, -0.2) is 9.38 Å². The maximum Gasteiger partial charge on any atom is 0.137 e. The van der Waals surface area contributed by atoms with Gasteiger partial charge in [0, 0.05) is 12.2 Å². The third-order valence-corrected chi connectivity index (χ3v) is 3.35. The van der Waals surface area contributed by atoms with Gasteiger partial charge in [0.25, 0.3) is 0 Å². The van der Waals surface area contributed by atoms with E-state index in [0.717, 1.165) is 27.9 Å². The fourth-order valence-corrected chi connectivity index (χ4v) is 2.23. The molecule has 4 heteroatoms. The van der Waals surface area contributed by atoms with Crippen molar-refractivity contribution in [1.82, 2.24) is 9.38 Å². The number of pyridine rings is 1. The number of hydrogen-bond donors (Lipinski definition) is 1. The maximum atomic E-state index is 5.85. The lowest BCUT2D eigenvalue weighted by atomic mass is 10.2. The topological polar surface area (TPSA) is 43.3 Å². The highest BCUT2D eigenvalue weighted by Gasteiger charge is 2.09. The summed E-state index contributed by atoms with van der Waals surface area (Å²) in [6.45, 7) is 4.08. The fourth-order valence-electron chi connectivity index (χ4n) is 1.58. The SMILES string of the molecule is CCc1nc2ccc(C(C)N)cn2c1Br. The van der Waals surface area contributed by atoms with Crippen molar-refractivity contribution in [2.75, 3.05) is 0 Å². The monoisotopic (exact) mass is 267 g/mol. The van der Waals surface area contributed by atoms with E-state index < -0.39 is 0 Å². The normalized spacial score (nSPS) is 13.3. The Bertz CT molecular complexity index is 488. The largest absolute Gasteiger partial charge is 0.324 e. The summed E-state index contributed by atoms with van der Waals surface area (Å²) in [5.41, 5.74) is 9.00. The molecule has 2 aromatic rings. The van der Waals surface area contributed by atoms with Crippen molar-refractivity contribution in [3.05, 3.63) is 34.2 Å². The molecule has 15 heavy (non-hydrogen) atoms. The van der Waals surface area contributed by atoms with Crippen molar-refractivity contribution in [1.29, 1.82) is 0 Å². The van der Waals surface area contributed by atoms with Gasteiger partial charge in [-0.05, 0) is 40.9 Å². The molecule has 2 rings (SSSR count). The molecule has 0 fully saturated rings. The van der Waals surface area contributed by atoms with Gasteiger partial charge in [0.15, 0.2) is 0 Å². The summed E-state index contributed by atoms with van der Waals surface area (Å²) in [7, 11) is 0. The van der Waals surface area contributed by atoms with E-state index in [1.807, 2.05) is 29.7 Å². The summed E-state index contributed by atoms with van der Waals surface area (Å²) in [6, 6.07) is 4.08. The molecule has 0 aliphatic rings. The molecule has 0 bridgehead atoms. The number of halogens is 1. The smallest absolute Gasteiger partial charge is 0.137 e. The molecular formula is C11H14BrN3. The molecule has 0 aliphatic carbocycles. The molecule has 2 N–H and O–H groups in total. The second kappa shape index (κ2) is 3.94. The minimum atomic E-state index is 0.0498. The Balaban J connectivity index is 2.65. The van der Waals surface area contributed by atoms with Gasteiger partial charge in [0.2, 0.25) is 0 Å². The third kappa shape index (κ3) is 1.79. The van der Waals surface area contributed by atoms with Crippen molar-refractivity contribution < 1.29 is 0 Å². The van der Waals surface area contributed by atoms with Gasteiger partial charge in [-0.15, -0.1) is 0 Å². The van der Waals surface area contributed by atoms with E-state index in [1.165, 1.54) is 0 Å². The Kier molecular flexibility index (Phi) is 2.80. The van der Waals surface area contributed by atoms with Crippen molar-refractivity contribution in [2.45, 2.75) is 26.3 Å². The zero-order valence-electron chi connectivity index (χ0n) is 8.87. The van der Waals surface area contributed by atoms with Gasteiger partial charge in [-0.1, -0.05) is 13.0 Å². The molecule has 3 nitrogen and oxygen atoms in total. The maximum absolute atomic E-state index is 5.85. The van der Waals surface area contributed by atoms with Crippen LogP contribution < -0.4 is 5.73 Å². The summed E-state index contributed by atoms with van der Waals surface area (Å²) in [4.78, 5) is 4.51. The zero-order valence-corrected chi connectivity index (χ0v) is 10.5. The second-order valence-corrected chi connectivity index (χ2v) is 4.43. The van der Waals surface area contributed by atoms with Crippen LogP contribution in [0.1, 0.15) is 31.1 Å². The fraction of sp³-hybridized carbons (Fsp3) is 0.364. The summed E-state index contributed by atoms with van der Waals surface area (Å²) < 4.78 is 3.07. The highest BCUT2D eigenvalue weighted by molar-refractivity contribution is 9.10. The minimum Gasteiger partial charge on any atom is -0.324 e. The summed E-state index contributed by atoms with van der Waals surface area (Å²) in [5.74, 6) is 0. The average molecular weight is 268 g/mol. The van der Waals surface area contributed by atoms with Crippen molar-refractivity contribution >= 4 is 21.6 Å². The second-order valence-electron chi connectivity index (χ2n) is 3.68. The van der Waals surface area contributed by atoms with Crippen molar-refractivity contribution in [2.24, 2.45) is 5.73 Å². The molecule has 80 valence electrons. The lowest BCUT2D eigenvalue weighted by Gasteiger charge is -2.05.